The summed E-state index contributed by atoms with van der Waals surface area (Å²) in [6.07, 6.45) is 4.65. The number of carbonyl (C=O) groups is 3. The van der Waals surface area contributed by atoms with Gasteiger partial charge in [0.25, 0.3) is 17.7 Å². The number of H-pyrrole nitrogens is 2. The summed E-state index contributed by atoms with van der Waals surface area (Å²) in [6.45, 7) is 5.81. The number of hydrogen-bond acceptors (Lipinski definition) is 6. The minimum absolute atomic E-state index is 0.0524. The Bertz CT molecular complexity index is 1880. The third-order valence-corrected chi connectivity index (χ3v) is 7.93. The molecule has 0 atom stereocenters. The number of benzene rings is 2. The Kier molecular flexibility index (Phi) is 7.62. The first-order chi connectivity index (χ1) is 21.2. The molecule has 0 aliphatic carbocycles. The molecule has 2 aromatic heterocycles. The van der Waals surface area contributed by atoms with Crippen molar-refractivity contribution in [3.63, 3.8) is 0 Å². The van der Waals surface area contributed by atoms with Crippen molar-refractivity contribution in [2.75, 3.05) is 44.0 Å². The Balaban J connectivity index is 1.23. The number of pyridine rings is 1. The van der Waals surface area contributed by atoms with Crippen molar-refractivity contribution in [1.82, 2.24) is 14.9 Å². The molecule has 1 saturated heterocycles. The van der Waals surface area contributed by atoms with Gasteiger partial charge in [0.1, 0.15) is 11.3 Å². The smallest absolute Gasteiger partial charge is 0.261 e. The van der Waals surface area contributed by atoms with Gasteiger partial charge in [-0.15, -0.1) is 0 Å². The molecule has 0 bridgehead atoms. The average Bonchev–Trinajstić information content (AvgIpc) is 3.50. The molecule has 4 heterocycles. The molecule has 0 radical (unpaired) electrons. The van der Waals surface area contributed by atoms with Crippen LogP contribution < -0.4 is 20.8 Å². The number of morpholine rings is 1. The van der Waals surface area contributed by atoms with Crippen LogP contribution in [-0.4, -0.2) is 66.0 Å². The highest BCUT2D eigenvalue weighted by Gasteiger charge is 2.28. The third-order valence-electron chi connectivity index (χ3n) is 7.93. The maximum atomic E-state index is 13.2. The number of nitrogens with zero attached hydrogens (tertiary/aromatic N) is 1. The summed E-state index contributed by atoms with van der Waals surface area (Å²) in [5.74, 6) is -0.298. The first-order valence-corrected chi connectivity index (χ1v) is 14.2. The van der Waals surface area contributed by atoms with Gasteiger partial charge in [0.15, 0.2) is 0 Å². The van der Waals surface area contributed by atoms with E-state index >= 15 is 0 Å². The number of aromatic amines is 2. The van der Waals surface area contributed by atoms with Crippen LogP contribution in [-0.2, 0) is 9.53 Å². The number of anilines is 2. The minimum atomic E-state index is -0.586. The number of hydrogen-bond donors (Lipinski definition) is 4. The predicted octanol–water partition coefficient (Wildman–Crippen LogP) is 4.21. The van der Waals surface area contributed by atoms with Gasteiger partial charge in [-0.2, -0.15) is 0 Å². The first kappa shape index (κ1) is 28.7. The lowest BCUT2D eigenvalue weighted by Gasteiger charge is -2.27. The zero-order valence-electron chi connectivity index (χ0n) is 24.5. The molecule has 224 valence electrons. The molecule has 44 heavy (non-hydrogen) atoms. The number of nitrogens with one attached hydrogen (secondary N) is 4. The fraction of sp³-hybridized carbons (Fsp3) is 0.212. The summed E-state index contributed by atoms with van der Waals surface area (Å²) >= 11 is 0. The molecular weight excluding hydrogens is 562 g/mol. The van der Waals surface area contributed by atoms with E-state index in [9.17, 15) is 19.2 Å². The monoisotopic (exact) mass is 593 g/mol. The molecule has 4 aromatic rings. The minimum Gasteiger partial charge on any atom is -0.497 e. The van der Waals surface area contributed by atoms with E-state index < -0.39 is 11.3 Å². The van der Waals surface area contributed by atoms with E-state index in [2.05, 4.69) is 20.6 Å². The average molecular weight is 594 g/mol. The Morgan fingerprint density at radius 3 is 2.48 bits per heavy atom. The Morgan fingerprint density at radius 2 is 1.75 bits per heavy atom. The first-order valence-electron chi connectivity index (χ1n) is 14.2. The Hall–Kier alpha value is -5.42. The normalized spacial score (nSPS) is 15.2. The molecule has 0 unspecified atom stereocenters. The molecule has 2 aromatic carbocycles. The summed E-state index contributed by atoms with van der Waals surface area (Å²) in [4.78, 5) is 60.5. The topological polar surface area (TPSA) is 146 Å². The SMILES string of the molecule is COc1ccc(-c2c[nH]cc(C(=O)Nc3ccc4c(c3)NC(=O)/C4=C\c3[nH]c(C)c(C(=O)N4CCOCC4)c3C)c2=O)cc1. The molecule has 2 aliphatic heterocycles. The van der Waals surface area contributed by atoms with E-state index in [-0.39, 0.29) is 17.4 Å². The predicted molar refractivity (Wildman–Crippen MR) is 167 cm³/mol. The van der Waals surface area contributed by atoms with Gasteiger partial charge in [-0.05, 0) is 55.3 Å². The number of rotatable bonds is 6. The van der Waals surface area contributed by atoms with Crippen molar-refractivity contribution in [1.29, 1.82) is 0 Å². The van der Waals surface area contributed by atoms with Gasteiger partial charge >= 0.3 is 0 Å². The fourth-order valence-electron chi connectivity index (χ4n) is 5.56. The van der Waals surface area contributed by atoms with Crippen LogP contribution in [0.4, 0.5) is 11.4 Å². The second-order valence-electron chi connectivity index (χ2n) is 10.6. The maximum absolute atomic E-state index is 13.2. The summed E-state index contributed by atoms with van der Waals surface area (Å²) in [6, 6.07) is 12.0. The van der Waals surface area contributed by atoms with E-state index in [1.54, 1.807) is 66.7 Å². The van der Waals surface area contributed by atoms with Gasteiger partial charge in [0, 0.05) is 53.7 Å². The van der Waals surface area contributed by atoms with Gasteiger partial charge in [0.2, 0.25) is 5.43 Å². The van der Waals surface area contributed by atoms with Gasteiger partial charge in [-0.1, -0.05) is 18.2 Å². The number of methoxy groups -OCH3 is 1. The molecule has 4 N–H and O–H groups in total. The summed E-state index contributed by atoms with van der Waals surface area (Å²) in [7, 11) is 1.56. The number of carbonyl (C=O) groups excluding carboxylic acids is 3. The number of aromatic nitrogens is 2. The third kappa shape index (κ3) is 5.29. The van der Waals surface area contributed by atoms with E-state index in [0.29, 0.717) is 76.9 Å². The van der Waals surface area contributed by atoms with Crippen LogP contribution in [0.3, 0.4) is 0 Å². The van der Waals surface area contributed by atoms with Crippen molar-refractivity contribution in [2.24, 2.45) is 0 Å². The van der Waals surface area contributed by atoms with Gasteiger partial charge in [-0.3, -0.25) is 19.2 Å². The van der Waals surface area contributed by atoms with Crippen LogP contribution in [0.15, 0.2) is 59.7 Å². The largest absolute Gasteiger partial charge is 0.497 e. The van der Waals surface area contributed by atoms with Crippen molar-refractivity contribution in [2.45, 2.75) is 13.8 Å². The zero-order chi connectivity index (χ0) is 31.0. The maximum Gasteiger partial charge on any atom is 0.261 e. The molecule has 1 fully saturated rings. The summed E-state index contributed by atoms with van der Waals surface area (Å²) in [5, 5.41) is 5.61. The van der Waals surface area contributed by atoms with Crippen LogP contribution in [0.25, 0.3) is 22.8 Å². The molecule has 11 heteroatoms. The second kappa shape index (κ2) is 11.7. The van der Waals surface area contributed by atoms with Gasteiger partial charge < -0.3 is 35.0 Å². The molecule has 3 amide bonds. The van der Waals surface area contributed by atoms with E-state index in [4.69, 9.17) is 9.47 Å². The highest BCUT2D eigenvalue weighted by molar-refractivity contribution is 6.35. The van der Waals surface area contributed by atoms with Crippen LogP contribution in [0.1, 0.15) is 43.2 Å². The van der Waals surface area contributed by atoms with Crippen LogP contribution in [0, 0.1) is 13.8 Å². The van der Waals surface area contributed by atoms with E-state index in [1.807, 2.05) is 13.8 Å². The molecule has 0 spiro atoms. The summed E-state index contributed by atoms with van der Waals surface area (Å²) in [5.41, 5.74) is 5.29. The standard InChI is InChI=1S/C33H31N5O6/c1-18-27(35-19(2)29(18)33(42)38-10-12-44-13-11-38)15-24-23-9-6-21(14-28(23)37-31(24)40)36-32(41)26-17-34-16-25(30(26)39)20-4-7-22(43-3)8-5-20/h4-9,14-17,35H,10-13H2,1-3H3,(H,34,39)(H,36,41)(H,37,40)/b24-15-. The lowest BCUT2D eigenvalue weighted by atomic mass is 10.0. The highest BCUT2D eigenvalue weighted by Crippen LogP contribution is 2.36. The molecule has 0 saturated carbocycles. The highest BCUT2D eigenvalue weighted by atomic mass is 16.5. The van der Waals surface area contributed by atoms with Crippen molar-refractivity contribution >= 4 is 40.7 Å². The molecule has 6 rings (SSSR count). The van der Waals surface area contributed by atoms with E-state index in [1.165, 1.54) is 6.20 Å². The van der Waals surface area contributed by atoms with Crippen molar-refractivity contribution in [3.05, 3.63) is 98.7 Å². The fourth-order valence-corrected chi connectivity index (χ4v) is 5.56. The molecule has 2 aliphatic rings. The van der Waals surface area contributed by atoms with Gasteiger partial charge in [-0.25, -0.2) is 0 Å². The molecule has 11 nitrogen and oxygen atoms in total. The number of amides is 3. The number of aryl methyl sites for hydroxylation is 1. The Morgan fingerprint density at radius 1 is 1.00 bits per heavy atom. The van der Waals surface area contributed by atoms with Crippen LogP contribution >= 0.6 is 0 Å². The second-order valence-corrected chi connectivity index (χ2v) is 10.6. The van der Waals surface area contributed by atoms with E-state index in [0.717, 1.165) is 11.3 Å². The molecular formula is C33H31N5O6. The summed E-state index contributed by atoms with van der Waals surface area (Å²) < 4.78 is 10.6. The van der Waals surface area contributed by atoms with Crippen molar-refractivity contribution in [3.8, 4) is 16.9 Å². The Labute approximate surface area is 252 Å². The van der Waals surface area contributed by atoms with Crippen molar-refractivity contribution < 1.29 is 23.9 Å². The quantitative estimate of drug-likeness (QED) is 0.247. The number of fused-ring (bicyclic) bond motifs is 1. The number of ether oxygens (including phenoxy) is 2. The van der Waals surface area contributed by atoms with Crippen LogP contribution in [0.5, 0.6) is 5.75 Å². The van der Waals surface area contributed by atoms with Crippen LogP contribution in [0.2, 0.25) is 0 Å². The lowest BCUT2D eigenvalue weighted by Crippen LogP contribution is -2.41. The lowest BCUT2D eigenvalue weighted by molar-refractivity contribution is -0.110. The zero-order valence-corrected chi connectivity index (χ0v) is 24.5. The van der Waals surface area contributed by atoms with Gasteiger partial charge in [0.05, 0.1) is 37.1 Å².